The molecule has 4 rings (SSSR count). The fourth-order valence-electron chi connectivity index (χ4n) is 3.47. The van der Waals surface area contributed by atoms with Crippen LogP contribution < -0.4 is 0 Å². The van der Waals surface area contributed by atoms with Crippen LogP contribution in [0.25, 0.3) is 11.4 Å². The minimum absolute atomic E-state index is 0.0186. The number of hydrogen-bond donors (Lipinski definition) is 0. The van der Waals surface area contributed by atoms with E-state index in [0.29, 0.717) is 24.5 Å². The van der Waals surface area contributed by atoms with Crippen LogP contribution in [0.1, 0.15) is 24.8 Å². The van der Waals surface area contributed by atoms with Gasteiger partial charge in [-0.3, -0.25) is 20.2 Å². The second-order valence-corrected chi connectivity index (χ2v) is 8.76. The van der Waals surface area contributed by atoms with Gasteiger partial charge in [-0.05, 0) is 43.2 Å². The van der Waals surface area contributed by atoms with Crippen molar-refractivity contribution in [3.63, 3.8) is 0 Å². The van der Waals surface area contributed by atoms with E-state index in [4.69, 9.17) is 4.52 Å². The molecule has 1 aliphatic rings. The zero-order valence-corrected chi connectivity index (χ0v) is 16.9. The zero-order valence-electron chi connectivity index (χ0n) is 16.1. The van der Waals surface area contributed by atoms with Gasteiger partial charge in [-0.1, -0.05) is 5.16 Å². The Bertz CT molecular complexity index is 1310. The maximum atomic E-state index is 13.3. The molecule has 1 fully saturated rings. The van der Waals surface area contributed by atoms with E-state index in [1.165, 1.54) is 24.3 Å². The van der Waals surface area contributed by atoms with Gasteiger partial charge >= 0.3 is 0 Å². The van der Waals surface area contributed by atoms with Crippen LogP contribution in [-0.4, -0.2) is 39.3 Å². The van der Waals surface area contributed by atoms with E-state index in [9.17, 15) is 33.0 Å². The molecule has 0 N–H and O–H groups in total. The lowest BCUT2D eigenvalue weighted by molar-refractivity contribution is -0.396. The molecular weight excluding hydrogens is 449 g/mol. The second-order valence-electron chi connectivity index (χ2n) is 6.90. The molecule has 0 amide bonds. The standard InChI is InChI=1S/C18H14FN5O7S/c19-12-5-3-11(4-6-12)17-20-18(31-21-17)14-2-1-9-22(14)32(29,30)16-8-7-13(23(25)26)10-15(16)24(27)28/h3-8,10,14H,1-2,9H2. The van der Waals surface area contributed by atoms with Crippen molar-refractivity contribution in [3.05, 3.63) is 74.4 Å². The highest BCUT2D eigenvalue weighted by Crippen LogP contribution is 2.39. The smallest absolute Gasteiger partial charge is 0.296 e. The number of hydrogen-bond acceptors (Lipinski definition) is 9. The summed E-state index contributed by atoms with van der Waals surface area (Å²) in [6.07, 6.45) is 0.754. The van der Waals surface area contributed by atoms with Crippen LogP contribution in [0.5, 0.6) is 0 Å². The van der Waals surface area contributed by atoms with Crippen LogP contribution in [0.15, 0.2) is 51.9 Å². The molecule has 1 unspecified atom stereocenters. The Hall–Kier alpha value is -3.78. The van der Waals surface area contributed by atoms with E-state index in [1.807, 2.05) is 0 Å². The van der Waals surface area contributed by atoms with Crippen LogP contribution in [0.4, 0.5) is 15.8 Å². The summed E-state index contributed by atoms with van der Waals surface area (Å²) in [7, 11) is -4.42. The van der Waals surface area contributed by atoms with Crippen molar-refractivity contribution in [2.24, 2.45) is 0 Å². The SMILES string of the molecule is O=[N+]([O-])c1ccc(S(=O)(=O)N2CCCC2c2nc(-c3ccc(F)cc3)no2)c([N+](=O)[O-])c1. The Balaban J connectivity index is 1.70. The van der Waals surface area contributed by atoms with Crippen LogP contribution in [0, 0.1) is 26.0 Å². The van der Waals surface area contributed by atoms with Crippen molar-refractivity contribution in [2.75, 3.05) is 6.54 Å². The number of nitro benzene ring substituents is 2. The van der Waals surface area contributed by atoms with Crippen LogP contribution in [0.3, 0.4) is 0 Å². The summed E-state index contributed by atoms with van der Waals surface area (Å²) < 4.78 is 45.9. The lowest BCUT2D eigenvalue weighted by Crippen LogP contribution is -2.31. The Morgan fingerprint density at radius 3 is 2.47 bits per heavy atom. The first-order valence-corrected chi connectivity index (χ1v) is 10.7. The number of aromatic nitrogens is 2. The molecule has 0 spiro atoms. The van der Waals surface area contributed by atoms with Gasteiger partial charge in [0.25, 0.3) is 21.4 Å². The molecule has 2 aromatic carbocycles. The van der Waals surface area contributed by atoms with Crippen molar-refractivity contribution < 1.29 is 27.2 Å². The highest BCUT2D eigenvalue weighted by Gasteiger charge is 2.42. The summed E-state index contributed by atoms with van der Waals surface area (Å²) >= 11 is 0. The predicted molar refractivity (Wildman–Crippen MR) is 105 cm³/mol. The maximum Gasteiger partial charge on any atom is 0.296 e. The molecular formula is C18H14FN5O7S. The zero-order chi connectivity index (χ0) is 23.0. The number of sulfonamides is 1. The van der Waals surface area contributed by atoms with Crippen molar-refractivity contribution in [3.8, 4) is 11.4 Å². The molecule has 32 heavy (non-hydrogen) atoms. The molecule has 12 nitrogen and oxygen atoms in total. The largest absolute Gasteiger partial charge is 0.337 e. The molecule has 0 saturated carbocycles. The molecule has 1 saturated heterocycles. The highest BCUT2D eigenvalue weighted by molar-refractivity contribution is 7.89. The van der Waals surface area contributed by atoms with Crippen molar-refractivity contribution in [1.29, 1.82) is 0 Å². The topological polar surface area (TPSA) is 163 Å². The second kappa shape index (κ2) is 8.05. The molecule has 0 aliphatic carbocycles. The van der Waals surface area contributed by atoms with Gasteiger partial charge in [-0.2, -0.15) is 9.29 Å². The average Bonchev–Trinajstić information content (AvgIpc) is 3.43. The molecule has 1 aliphatic heterocycles. The third kappa shape index (κ3) is 3.80. The van der Waals surface area contributed by atoms with Crippen molar-refractivity contribution >= 4 is 21.4 Å². The van der Waals surface area contributed by atoms with E-state index >= 15 is 0 Å². The van der Waals surface area contributed by atoms with E-state index in [1.54, 1.807) is 0 Å². The molecule has 1 aromatic heterocycles. The molecule has 3 aromatic rings. The van der Waals surface area contributed by atoms with Gasteiger partial charge in [0.2, 0.25) is 11.7 Å². The predicted octanol–water partition coefficient (Wildman–Crippen LogP) is 3.22. The summed E-state index contributed by atoms with van der Waals surface area (Å²) in [5.41, 5.74) is -1.04. The number of rotatable bonds is 6. The van der Waals surface area contributed by atoms with Gasteiger partial charge < -0.3 is 4.52 Å². The lowest BCUT2D eigenvalue weighted by atomic mass is 10.2. The van der Waals surface area contributed by atoms with Crippen molar-refractivity contribution in [2.45, 2.75) is 23.8 Å². The minimum Gasteiger partial charge on any atom is -0.337 e. The fourth-order valence-corrected chi connectivity index (χ4v) is 5.26. The number of halogens is 1. The fraction of sp³-hybridized carbons (Fsp3) is 0.222. The van der Waals surface area contributed by atoms with E-state index in [-0.39, 0.29) is 18.3 Å². The minimum atomic E-state index is -4.42. The number of non-ortho nitro benzene ring substituents is 1. The molecule has 14 heteroatoms. The van der Waals surface area contributed by atoms with Gasteiger partial charge in [0.05, 0.1) is 15.9 Å². The Labute approximate surface area is 179 Å². The number of benzene rings is 2. The summed E-state index contributed by atoms with van der Waals surface area (Å²) in [5.74, 6) is -0.337. The molecule has 0 bridgehead atoms. The maximum absolute atomic E-state index is 13.3. The normalized spacial score (nSPS) is 16.8. The van der Waals surface area contributed by atoms with Gasteiger partial charge in [-0.25, -0.2) is 12.8 Å². The quantitative estimate of drug-likeness (QED) is 0.394. The van der Waals surface area contributed by atoms with Gasteiger partial charge in [0, 0.05) is 18.2 Å². The first kappa shape index (κ1) is 21.5. The Morgan fingerprint density at radius 2 is 1.81 bits per heavy atom. The average molecular weight is 463 g/mol. The summed E-state index contributed by atoms with van der Waals surface area (Å²) in [4.78, 5) is 24.1. The lowest BCUT2D eigenvalue weighted by Gasteiger charge is -2.21. The van der Waals surface area contributed by atoms with E-state index in [0.717, 1.165) is 16.4 Å². The van der Waals surface area contributed by atoms with Gasteiger partial charge in [0.1, 0.15) is 11.9 Å². The molecule has 166 valence electrons. The molecule has 0 radical (unpaired) electrons. The van der Waals surface area contributed by atoms with E-state index in [2.05, 4.69) is 10.1 Å². The van der Waals surface area contributed by atoms with Gasteiger partial charge in [-0.15, -0.1) is 0 Å². The summed E-state index contributed by atoms with van der Waals surface area (Å²) in [6, 6.07) is 6.77. The van der Waals surface area contributed by atoms with Crippen LogP contribution >= 0.6 is 0 Å². The van der Waals surface area contributed by atoms with Crippen molar-refractivity contribution in [1.82, 2.24) is 14.4 Å². The monoisotopic (exact) mass is 463 g/mol. The summed E-state index contributed by atoms with van der Waals surface area (Å²) in [5, 5.41) is 26.2. The van der Waals surface area contributed by atoms with E-state index < -0.39 is 48.0 Å². The Kier molecular flexibility index (Phi) is 5.40. The first-order valence-electron chi connectivity index (χ1n) is 9.22. The summed E-state index contributed by atoms with van der Waals surface area (Å²) in [6.45, 7) is 0.0371. The molecule has 1 atom stereocenters. The van der Waals surface area contributed by atoms with Crippen LogP contribution in [0.2, 0.25) is 0 Å². The number of nitro groups is 2. The third-order valence-corrected chi connectivity index (χ3v) is 6.93. The van der Waals surface area contributed by atoms with Gasteiger partial charge in [0.15, 0.2) is 4.90 Å². The third-order valence-electron chi connectivity index (χ3n) is 4.97. The highest BCUT2D eigenvalue weighted by atomic mass is 32.2. The van der Waals surface area contributed by atoms with Crippen LogP contribution in [-0.2, 0) is 10.0 Å². The first-order chi connectivity index (χ1) is 15.2. The number of nitrogens with zero attached hydrogens (tertiary/aromatic N) is 5. The Morgan fingerprint density at radius 1 is 1.09 bits per heavy atom. The molecule has 2 heterocycles.